The fraction of sp³-hybridized carbons (Fsp3) is 0.588. The Morgan fingerprint density at radius 2 is 1.96 bits per heavy atom. The number of carbonyl (C=O) groups excluding carboxylic acids is 1. The number of hydrogen-bond donors (Lipinski definition) is 1. The van der Waals surface area contributed by atoms with Gasteiger partial charge in [-0.25, -0.2) is 4.79 Å². The molecule has 0 unspecified atom stereocenters. The van der Waals surface area contributed by atoms with Crippen LogP contribution in [0.3, 0.4) is 0 Å². The molecule has 0 radical (unpaired) electrons. The molecule has 2 amide bonds. The van der Waals surface area contributed by atoms with E-state index in [0.717, 1.165) is 11.3 Å². The molecule has 5 nitrogen and oxygen atoms in total. The second kappa shape index (κ2) is 9.05. The molecule has 140 valence electrons. The Bertz CT molecular complexity index is 558. The van der Waals surface area contributed by atoms with Crippen molar-refractivity contribution in [1.82, 2.24) is 9.80 Å². The van der Waals surface area contributed by atoms with E-state index in [1.54, 1.807) is 4.90 Å². The zero-order valence-electron chi connectivity index (χ0n) is 14.3. The zero-order valence-corrected chi connectivity index (χ0v) is 14.3. The lowest BCUT2D eigenvalue weighted by atomic mass is 10.2. The molecule has 1 saturated heterocycles. The quantitative estimate of drug-likeness (QED) is 0.794. The normalized spacial score (nSPS) is 16.1. The molecule has 25 heavy (non-hydrogen) atoms. The first-order valence-corrected chi connectivity index (χ1v) is 8.33. The molecule has 0 aliphatic carbocycles. The molecule has 0 bridgehead atoms. The highest BCUT2D eigenvalue weighted by atomic mass is 19.4. The van der Waals surface area contributed by atoms with E-state index < -0.39 is 12.8 Å². The molecule has 0 saturated carbocycles. The lowest BCUT2D eigenvalue weighted by Crippen LogP contribution is -2.50. The maximum absolute atomic E-state index is 12.2. The maximum Gasteiger partial charge on any atom is 0.411 e. The minimum Gasteiger partial charge on any atom is -0.372 e. The highest BCUT2D eigenvalue weighted by Crippen LogP contribution is 2.15. The zero-order chi connectivity index (χ0) is 18.3. The van der Waals surface area contributed by atoms with Crippen LogP contribution >= 0.6 is 0 Å². The Hall–Kier alpha value is -1.80. The van der Waals surface area contributed by atoms with E-state index in [0.29, 0.717) is 39.1 Å². The first-order chi connectivity index (χ1) is 11.8. The van der Waals surface area contributed by atoms with Crippen LogP contribution in [0.15, 0.2) is 24.3 Å². The third-order valence-electron chi connectivity index (χ3n) is 3.96. The van der Waals surface area contributed by atoms with Crippen LogP contribution in [0.5, 0.6) is 0 Å². The van der Waals surface area contributed by atoms with Gasteiger partial charge in [-0.05, 0) is 31.0 Å². The molecule has 8 heteroatoms. The average molecular weight is 359 g/mol. The molecule has 1 aromatic rings. The van der Waals surface area contributed by atoms with Crippen molar-refractivity contribution in [3.63, 3.8) is 0 Å². The van der Waals surface area contributed by atoms with E-state index >= 15 is 0 Å². The molecule has 2 rings (SSSR count). The Morgan fingerprint density at radius 1 is 1.24 bits per heavy atom. The number of rotatable bonds is 6. The van der Waals surface area contributed by atoms with Gasteiger partial charge < -0.3 is 15.0 Å². The predicted molar refractivity (Wildman–Crippen MR) is 89.7 cm³/mol. The second-order valence-corrected chi connectivity index (χ2v) is 6.15. The van der Waals surface area contributed by atoms with Crippen molar-refractivity contribution in [2.45, 2.75) is 19.5 Å². The summed E-state index contributed by atoms with van der Waals surface area (Å²) in [6.45, 7) is 4.15. The Labute approximate surface area is 145 Å². The molecule has 1 N–H and O–H groups in total. The highest BCUT2D eigenvalue weighted by molar-refractivity contribution is 5.89. The van der Waals surface area contributed by atoms with Gasteiger partial charge in [-0.1, -0.05) is 12.1 Å². The third-order valence-corrected chi connectivity index (χ3v) is 3.96. The summed E-state index contributed by atoms with van der Waals surface area (Å²) in [5, 5.41) is 2.88. The van der Waals surface area contributed by atoms with Gasteiger partial charge in [-0.2, -0.15) is 13.2 Å². The largest absolute Gasteiger partial charge is 0.411 e. The third kappa shape index (κ3) is 7.31. The fourth-order valence-electron chi connectivity index (χ4n) is 2.68. The van der Waals surface area contributed by atoms with Gasteiger partial charge in [0.1, 0.15) is 6.61 Å². The van der Waals surface area contributed by atoms with Gasteiger partial charge in [0.05, 0.1) is 0 Å². The van der Waals surface area contributed by atoms with E-state index in [1.807, 2.05) is 31.2 Å². The van der Waals surface area contributed by atoms with E-state index in [9.17, 15) is 18.0 Å². The number of ether oxygens (including phenoxy) is 1. The van der Waals surface area contributed by atoms with Crippen LogP contribution in [0.1, 0.15) is 12.0 Å². The Morgan fingerprint density at radius 3 is 2.60 bits per heavy atom. The standard InChI is InChI=1S/C17H24F3N3O2/c1-14-4-2-5-15(12-14)21-16(24)23-9-7-22(8-10-23)6-3-11-25-13-17(18,19)20/h2,4-5,12H,3,6-11,13H2,1H3,(H,21,24). The number of nitrogens with one attached hydrogen (secondary N) is 1. The van der Waals surface area contributed by atoms with Gasteiger partial charge in [0.15, 0.2) is 0 Å². The SMILES string of the molecule is Cc1cccc(NC(=O)N2CCN(CCCOCC(F)(F)F)CC2)c1. The van der Waals surface area contributed by atoms with E-state index in [1.165, 1.54) is 0 Å². The average Bonchev–Trinajstić information content (AvgIpc) is 2.54. The van der Waals surface area contributed by atoms with Crippen molar-refractivity contribution >= 4 is 11.7 Å². The first kappa shape index (κ1) is 19.5. The van der Waals surface area contributed by atoms with Gasteiger partial charge in [-0.15, -0.1) is 0 Å². The minimum absolute atomic E-state index is 0.0908. The van der Waals surface area contributed by atoms with Crippen LogP contribution in [0.25, 0.3) is 0 Å². The molecule has 1 aliphatic heterocycles. The number of anilines is 1. The van der Waals surface area contributed by atoms with Crippen LogP contribution in [0.4, 0.5) is 23.7 Å². The van der Waals surface area contributed by atoms with E-state index in [-0.39, 0.29) is 12.6 Å². The van der Waals surface area contributed by atoms with Gasteiger partial charge in [-0.3, -0.25) is 4.90 Å². The number of urea groups is 1. The van der Waals surface area contributed by atoms with Crippen LogP contribution < -0.4 is 5.32 Å². The lowest BCUT2D eigenvalue weighted by Gasteiger charge is -2.34. The molecule has 1 aliphatic rings. The van der Waals surface area contributed by atoms with Crippen molar-refractivity contribution in [3.05, 3.63) is 29.8 Å². The number of benzene rings is 1. The monoisotopic (exact) mass is 359 g/mol. The number of carbonyl (C=O) groups is 1. The van der Waals surface area contributed by atoms with Gasteiger partial charge in [0.25, 0.3) is 0 Å². The van der Waals surface area contributed by atoms with Gasteiger partial charge in [0, 0.05) is 45.0 Å². The fourth-order valence-corrected chi connectivity index (χ4v) is 2.68. The van der Waals surface area contributed by atoms with Crippen LogP contribution in [-0.2, 0) is 4.74 Å². The molecule has 1 heterocycles. The molecular formula is C17H24F3N3O2. The number of alkyl halides is 3. The van der Waals surface area contributed by atoms with Crippen LogP contribution in [0.2, 0.25) is 0 Å². The number of nitrogens with zero attached hydrogens (tertiary/aromatic N) is 2. The van der Waals surface area contributed by atoms with E-state index in [4.69, 9.17) is 0 Å². The predicted octanol–water partition coefficient (Wildman–Crippen LogP) is 3.11. The molecule has 0 aromatic heterocycles. The summed E-state index contributed by atoms with van der Waals surface area (Å²) in [5.41, 5.74) is 1.85. The Balaban J connectivity index is 1.63. The summed E-state index contributed by atoms with van der Waals surface area (Å²) in [4.78, 5) is 16.1. The summed E-state index contributed by atoms with van der Waals surface area (Å²) in [6, 6.07) is 7.49. The Kier molecular flexibility index (Phi) is 7.07. The molecule has 1 fully saturated rings. The lowest BCUT2D eigenvalue weighted by molar-refractivity contribution is -0.174. The maximum atomic E-state index is 12.2. The van der Waals surface area contributed by atoms with Crippen molar-refractivity contribution in [2.75, 3.05) is 51.3 Å². The summed E-state index contributed by atoms with van der Waals surface area (Å²) in [5.74, 6) is 0. The van der Waals surface area contributed by atoms with Crippen LogP contribution in [-0.4, -0.2) is 67.9 Å². The van der Waals surface area contributed by atoms with E-state index in [2.05, 4.69) is 15.0 Å². The van der Waals surface area contributed by atoms with Gasteiger partial charge in [0.2, 0.25) is 0 Å². The number of aryl methyl sites for hydroxylation is 1. The summed E-state index contributed by atoms with van der Waals surface area (Å²) >= 11 is 0. The summed E-state index contributed by atoms with van der Waals surface area (Å²) in [7, 11) is 0. The number of hydrogen-bond acceptors (Lipinski definition) is 3. The molecule has 0 spiro atoms. The number of amides is 2. The summed E-state index contributed by atoms with van der Waals surface area (Å²) in [6.07, 6.45) is -3.72. The van der Waals surface area contributed by atoms with Gasteiger partial charge >= 0.3 is 12.2 Å². The molecule has 0 atom stereocenters. The summed E-state index contributed by atoms with van der Waals surface area (Å²) < 4.78 is 40.5. The highest BCUT2D eigenvalue weighted by Gasteiger charge is 2.27. The van der Waals surface area contributed by atoms with Crippen molar-refractivity contribution < 1.29 is 22.7 Å². The van der Waals surface area contributed by atoms with Crippen LogP contribution in [0, 0.1) is 6.92 Å². The number of halogens is 3. The van der Waals surface area contributed by atoms with Crippen molar-refractivity contribution in [2.24, 2.45) is 0 Å². The first-order valence-electron chi connectivity index (χ1n) is 8.33. The van der Waals surface area contributed by atoms with Crippen molar-refractivity contribution in [3.8, 4) is 0 Å². The molecular weight excluding hydrogens is 335 g/mol. The molecule has 1 aromatic carbocycles. The minimum atomic E-state index is -4.27. The smallest absolute Gasteiger partial charge is 0.372 e. The van der Waals surface area contributed by atoms with Crippen molar-refractivity contribution in [1.29, 1.82) is 0 Å². The number of piperazine rings is 1. The topological polar surface area (TPSA) is 44.8 Å². The second-order valence-electron chi connectivity index (χ2n) is 6.15.